The quantitative estimate of drug-likeness (QED) is 0.738. The number of aromatic amines is 1. The minimum absolute atomic E-state index is 0.284. The summed E-state index contributed by atoms with van der Waals surface area (Å²) in [5, 5.41) is 9.11. The number of rotatable bonds is 2. The molecule has 2 N–H and O–H groups in total. The van der Waals surface area contributed by atoms with Crippen molar-refractivity contribution in [2.45, 2.75) is 6.92 Å². The highest BCUT2D eigenvalue weighted by molar-refractivity contribution is 5.89. The van der Waals surface area contributed by atoms with Gasteiger partial charge in [0.05, 0.1) is 11.2 Å². The van der Waals surface area contributed by atoms with Crippen LogP contribution in [0, 0.1) is 6.92 Å². The van der Waals surface area contributed by atoms with Crippen molar-refractivity contribution in [3.8, 4) is 5.69 Å². The largest absolute Gasteiger partial charge is 0.477 e. The first-order valence-electron chi connectivity index (χ1n) is 6.06. The molecule has 21 heavy (non-hydrogen) atoms. The Morgan fingerprint density at radius 3 is 2.76 bits per heavy atom. The number of nitrogens with one attached hydrogen (secondary N) is 1. The van der Waals surface area contributed by atoms with Crippen molar-refractivity contribution in [2.75, 3.05) is 0 Å². The average molecular weight is 286 g/mol. The number of pyridine rings is 1. The molecule has 0 aliphatic carbocycles. The first-order valence-corrected chi connectivity index (χ1v) is 6.06. The maximum absolute atomic E-state index is 12.3. The lowest BCUT2D eigenvalue weighted by Gasteiger charge is -2.08. The highest BCUT2D eigenvalue weighted by Crippen LogP contribution is 2.15. The van der Waals surface area contributed by atoms with Crippen molar-refractivity contribution in [1.29, 1.82) is 0 Å². The third-order valence-corrected chi connectivity index (χ3v) is 3.20. The molecule has 0 atom stereocenters. The number of carboxylic acids is 1. The molecule has 0 amide bonds. The van der Waals surface area contributed by atoms with Crippen LogP contribution in [0.15, 0.2) is 44.5 Å². The molecule has 0 bridgehead atoms. The van der Waals surface area contributed by atoms with Crippen LogP contribution in [0.25, 0.3) is 16.8 Å². The van der Waals surface area contributed by atoms with Gasteiger partial charge in [-0.2, -0.15) is 0 Å². The zero-order valence-corrected chi connectivity index (χ0v) is 10.9. The van der Waals surface area contributed by atoms with Crippen molar-refractivity contribution in [3.05, 3.63) is 62.5 Å². The fourth-order valence-electron chi connectivity index (χ4n) is 2.17. The van der Waals surface area contributed by atoms with Crippen molar-refractivity contribution in [1.82, 2.24) is 9.55 Å². The SMILES string of the molecule is Cc1ccn(-c2ccc3[nH]c(=O)oc3c2)c(=O)c1C(=O)O. The van der Waals surface area contributed by atoms with E-state index >= 15 is 0 Å². The van der Waals surface area contributed by atoms with Gasteiger partial charge in [-0.05, 0) is 30.7 Å². The Hall–Kier alpha value is -3.09. The van der Waals surface area contributed by atoms with E-state index in [1.54, 1.807) is 25.1 Å². The van der Waals surface area contributed by atoms with E-state index in [4.69, 9.17) is 9.52 Å². The van der Waals surface area contributed by atoms with Crippen LogP contribution in [0.1, 0.15) is 15.9 Å². The summed E-state index contributed by atoms with van der Waals surface area (Å²) in [6.45, 7) is 1.56. The smallest absolute Gasteiger partial charge is 0.417 e. The zero-order chi connectivity index (χ0) is 15.1. The fraction of sp³-hybridized carbons (Fsp3) is 0.0714. The molecule has 0 spiro atoms. The van der Waals surface area contributed by atoms with Gasteiger partial charge in [-0.15, -0.1) is 0 Å². The zero-order valence-electron chi connectivity index (χ0n) is 10.9. The summed E-state index contributed by atoms with van der Waals surface area (Å²) >= 11 is 0. The number of oxazole rings is 1. The predicted octanol–water partition coefficient (Wildman–Crippen LogP) is 1.28. The first-order chi connectivity index (χ1) is 9.97. The fourth-order valence-corrected chi connectivity index (χ4v) is 2.17. The van der Waals surface area contributed by atoms with Gasteiger partial charge in [-0.1, -0.05) is 0 Å². The van der Waals surface area contributed by atoms with Gasteiger partial charge in [0.15, 0.2) is 5.58 Å². The van der Waals surface area contributed by atoms with Gasteiger partial charge in [0.25, 0.3) is 5.56 Å². The Bertz CT molecular complexity index is 977. The molecule has 3 aromatic rings. The van der Waals surface area contributed by atoms with Crippen LogP contribution in [0.5, 0.6) is 0 Å². The molecule has 0 aliphatic heterocycles. The second kappa shape index (κ2) is 4.48. The number of hydrogen-bond acceptors (Lipinski definition) is 4. The number of aromatic nitrogens is 2. The molecule has 0 saturated carbocycles. The monoisotopic (exact) mass is 286 g/mol. The van der Waals surface area contributed by atoms with Crippen molar-refractivity contribution >= 4 is 17.1 Å². The van der Waals surface area contributed by atoms with Crippen LogP contribution in [-0.2, 0) is 0 Å². The lowest BCUT2D eigenvalue weighted by molar-refractivity contribution is 0.0694. The molecule has 7 heteroatoms. The minimum Gasteiger partial charge on any atom is -0.477 e. The number of aromatic carboxylic acids is 1. The number of hydrogen-bond donors (Lipinski definition) is 2. The Kier molecular flexibility index (Phi) is 2.76. The van der Waals surface area contributed by atoms with Crippen molar-refractivity contribution in [3.63, 3.8) is 0 Å². The molecular formula is C14H10N2O5. The van der Waals surface area contributed by atoms with Gasteiger partial charge in [-0.25, -0.2) is 9.59 Å². The predicted molar refractivity (Wildman–Crippen MR) is 74.1 cm³/mol. The van der Waals surface area contributed by atoms with Gasteiger partial charge in [0.1, 0.15) is 5.56 Å². The normalized spacial score (nSPS) is 10.9. The highest BCUT2D eigenvalue weighted by atomic mass is 16.4. The molecule has 0 saturated heterocycles. The third-order valence-electron chi connectivity index (χ3n) is 3.20. The lowest BCUT2D eigenvalue weighted by Crippen LogP contribution is -2.25. The molecule has 0 fully saturated rings. The Morgan fingerprint density at radius 1 is 1.29 bits per heavy atom. The second-order valence-electron chi connectivity index (χ2n) is 4.55. The molecule has 2 heterocycles. The van der Waals surface area contributed by atoms with Crippen LogP contribution >= 0.6 is 0 Å². The number of aryl methyl sites for hydroxylation is 1. The van der Waals surface area contributed by atoms with E-state index < -0.39 is 17.3 Å². The number of benzene rings is 1. The van der Waals surface area contributed by atoms with E-state index in [1.165, 1.54) is 16.8 Å². The summed E-state index contributed by atoms with van der Waals surface area (Å²) in [7, 11) is 0. The highest BCUT2D eigenvalue weighted by Gasteiger charge is 2.15. The number of H-pyrrole nitrogens is 1. The Morgan fingerprint density at radius 2 is 2.05 bits per heavy atom. The third kappa shape index (κ3) is 2.04. The number of carbonyl (C=O) groups is 1. The molecule has 0 radical (unpaired) electrons. The van der Waals surface area contributed by atoms with E-state index in [2.05, 4.69) is 4.98 Å². The first kappa shape index (κ1) is 12.9. The van der Waals surface area contributed by atoms with Gasteiger partial charge in [-0.3, -0.25) is 14.3 Å². The van der Waals surface area contributed by atoms with Crippen molar-refractivity contribution < 1.29 is 14.3 Å². The number of carboxylic acid groups (broad SMARTS) is 1. The lowest BCUT2D eigenvalue weighted by atomic mass is 10.1. The maximum atomic E-state index is 12.3. The number of fused-ring (bicyclic) bond motifs is 1. The van der Waals surface area contributed by atoms with Crippen LogP contribution in [-0.4, -0.2) is 20.6 Å². The molecule has 3 rings (SSSR count). The number of nitrogens with zero attached hydrogens (tertiary/aromatic N) is 1. The van der Waals surface area contributed by atoms with E-state index in [9.17, 15) is 14.4 Å². The van der Waals surface area contributed by atoms with E-state index in [0.29, 0.717) is 22.4 Å². The van der Waals surface area contributed by atoms with Gasteiger partial charge in [0.2, 0.25) is 0 Å². The van der Waals surface area contributed by atoms with Crippen LogP contribution in [0.4, 0.5) is 0 Å². The summed E-state index contributed by atoms with van der Waals surface area (Å²) in [6.07, 6.45) is 1.48. The molecular weight excluding hydrogens is 276 g/mol. The Labute approximate surface area is 117 Å². The molecule has 106 valence electrons. The minimum atomic E-state index is -1.28. The van der Waals surface area contributed by atoms with Gasteiger partial charge >= 0.3 is 11.7 Å². The summed E-state index contributed by atoms with van der Waals surface area (Å²) < 4.78 is 6.13. The van der Waals surface area contributed by atoms with E-state index in [0.717, 1.165) is 0 Å². The van der Waals surface area contributed by atoms with Crippen LogP contribution in [0.2, 0.25) is 0 Å². The molecule has 0 aliphatic rings. The summed E-state index contributed by atoms with van der Waals surface area (Å²) in [5.41, 5.74) is 0.674. The standard InChI is InChI=1S/C14H10N2O5/c1-7-4-5-16(12(17)11(7)13(18)19)8-2-3-9-10(6-8)21-14(20)15-9/h2-6H,1H3,(H,15,20)(H,18,19). The van der Waals surface area contributed by atoms with E-state index in [-0.39, 0.29) is 5.56 Å². The van der Waals surface area contributed by atoms with Gasteiger partial charge < -0.3 is 9.52 Å². The topological polar surface area (TPSA) is 105 Å². The average Bonchev–Trinajstić information content (AvgIpc) is 2.77. The second-order valence-corrected chi connectivity index (χ2v) is 4.55. The summed E-state index contributed by atoms with van der Waals surface area (Å²) in [4.78, 5) is 37.0. The van der Waals surface area contributed by atoms with Crippen molar-refractivity contribution in [2.24, 2.45) is 0 Å². The molecule has 7 nitrogen and oxygen atoms in total. The molecule has 1 aromatic carbocycles. The maximum Gasteiger partial charge on any atom is 0.417 e. The molecule has 2 aromatic heterocycles. The van der Waals surface area contributed by atoms with Crippen LogP contribution < -0.4 is 11.3 Å². The Balaban J connectivity index is 2.27. The van der Waals surface area contributed by atoms with Gasteiger partial charge in [0, 0.05) is 12.3 Å². The summed E-state index contributed by atoms with van der Waals surface area (Å²) in [5.74, 6) is -1.87. The summed E-state index contributed by atoms with van der Waals surface area (Å²) in [6, 6.07) is 6.22. The van der Waals surface area contributed by atoms with Crippen LogP contribution in [0.3, 0.4) is 0 Å². The van der Waals surface area contributed by atoms with E-state index in [1.807, 2.05) is 0 Å². The molecule has 0 unspecified atom stereocenters.